The van der Waals surface area contributed by atoms with Crippen molar-refractivity contribution < 1.29 is 31.9 Å². The highest BCUT2D eigenvalue weighted by atomic mass is 35.5. The Bertz CT molecular complexity index is 1440. The number of rotatable bonds is 6. The predicted octanol–water partition coefficient (Wildman–Crippen LogP) is 6.11. The van der Waals surface area contributed by atoms with Gasteiger partial charge in [0, 0.05) is 5.39 Å². The fourth-order valence-electron chi connectivity index (χ4n) is 3.42. The van der Waals surface area contributed by atoms with Crippen LogP contribution in [-0.2, 0) is 12.8 Å². The summed E-state index contributed by atoms with van der Waals surface area (Å²) in [6, 6.07) is 9.08. The average Bonchev–Trinajstić information content (AvgIpc) is 3.38. The summed E-state index contributed by atoms with van der Waals surface area (Å²) in [5.74, 6) is -0.945. The minimum Gasteiger partial charge on any atom is -0.484 e. The first-order chi connectivity index (χ1) is 16.5. The number of thiophene rings is 1. The van der Waals surface area contributed by atoms with Crippen molar-refractivity contribution in [1.29, 1.82) is 0 Å². The van der Waals surface area contributed by atoms with E-state index in [1.807, 2.05) is 13.0 Å². The van der Waals surface area contributed by atoms with Crippen molar-refractivity contribution in [3.8, 4) is 5.75 Å². The van der Waals surface area contributed by atoms with E-state index in [9.17, 15) is 22.8 Å². The minimum atomic E-state index is -4.67. The molecule has 0 aliphatic heterocycles. The number of hydrogen-bond donors (Lipinski definition) is 2. The Morgan fingerprint density at radius 1 is 1.20 bits per heavy atom. The number of nitrogens with two attached hydrogens (primary N) is 1. The largest absolute Gasteiger partial charge is 0.484 e. The summed E-state index contributed by atoms with van der Waals surface area (Å²) in [4.78, 5) is 28.2. The Balaban J connectivity index is 1.60. The van der Waals surface area contributed by atoms with E-state index in [0.29, 0.717) is 27.9 Å². The number of nitrogens with one attached hydrogen (secondary N) is 1. The van der Waals surface area contributed by atoms with Crippen LogP contribution in [0.2, 0.25) is 5.02 Å². The molecule has 3 heterocycles. The van der Waals surface area contributed by atoms with Crippen LogP contribution < -0.4 is 15.8 Å². The number of alkyl halides is 3. The lowest BCUT2D eigenvalue weighted by Crippen LogP contribution is -2.16. The number of amides is 2. The van der Waals surface area contributed by atoms with Crippen molar-refractivity contribution in [2.24, 2.45) is 5.73 Å². The van der Waals surface area contributed by atoms with E-state index in [1.165, 1.54) is 19.1 Å². The van der Waals surface area contributed by atoms with Gasteiger partial charge in [-0.05, 0) is 49.2 Å². The summed E-state index contributed by atoms with van der Waals surface area (Å²) >= 11 is 6.81. The highest BCUT2D eigenvalue weighted by Crippen LogP contribution is 2.40. The van der Waals surface area contributed by atoms with Crippen LogP contribution in [0.3, 0.4) is 0 Å². The van der Waals surface area contributed by atoms with Crippen molar-refractivity contribution in [3.63, 3.8) is 0 Å². The lowest BCUT2D eigenvalue weighted by atomic mass is 10.1. The van der Waals surface area contributed by atoms with Gasteiger partial charge in [-0.2, -0.15) is 13.2 Å². The molecule has 182 valence electrons. The van der Waals surface area contributed by atoms with Gasteiger partial charge in [0.1, 0.15) is 33.5 Å². The smallest absolute Gasteiger partial charge is 0.433 e. The molecule has 0 spiro atoms. The normalized spacial score (nSPS) is 11.6. The number of aromatic nitrogens is 1. The van der Waals surface area contributed by atoms with Crippen molar-refractivity contribution in [2.45, 2.75) is 26.6 Å². The molecule has 0 aliphatic rings. The second kappa shape index (κ2) is 9.23. The van der Waals surface area contributed by atoms with Gasteiger partial charge in [0.2, 0.25) is 0 Å². The third-order valence-electron chi connectivity index (χ3n) is 5.02. The summed E-state index contributed by atoms with van der Waals surface area (Å²) in [6.45, 7) is 3.25. The van der Waals surface area contributed by atoms with Gasteiger partial charge in [0.15, 0.2) is 5.76 Å². The van der Waals surface area contributed by atoms with Gasteiger partial charge < -0.3 is 20.2 Å². The van der Waals surface area contributed by atoms with Gasteiger partial charge in [0.25, 0.3) is 11.8 Å². The molecule has 4 aromatic rings. The van der Waals surface area contributed by atoms with Crippen molar-refractivity contribution in [2.75, 3.05) is 5.32 Å². The highest BCUT2D eigenvalue weighted by Gasteiger charge is 2.34. The number of ether oxygens (including phenoxy) is 1. The summed E-state index contributed by atoms with van der Waals surface area (Å²) in [5, 5.41) is 3.14. The number of primary amides is 1. The molecule has 4 rings (SSSR count). The number of fused-ring (bicyclic) bond motifs is 1. The minimum absolute atomic E-state index is 0.00494. The van der Waals surface area contributed by atoms with E-state index in [-0.39, 0.29) is 38.7 Å². The maximum absolute atomic E-state index is 13.2. The van der Waals surface area contributed by atoms with Crippen LogP contribution in [0.4, 0.5) is 18.9 Å². The molecular weight excluding hydrogens is 507 g/mol. The summed E-state index contributed by atoms with van der Waals surface area (Å²) in [7, 11) is 0. The Kier molecular flexibility index (Phi) is 6.48. The van der Waals surface area contributed by atoms with Gasteiger partial charge in [-0.3, -0.25) is 9.59 Å². The van der Waals surface area contributed by atoms with E-state index in [4.69, 9.17) is 26.5 Å². The van der Waals surface area contributed by atoms with Gasteiger partial charge in [-0.25, -0.2) is 4.98 Å². The zero-order valence-corrected chi connectivity index (χ0v) is 19.8. The zero-order valence-electron chi connectivity index (χ0n) is 18.2. The molecular formula is C23H17ClF3N3O4S. The monoisotopic (exact) mass is 523 g/mol. The molecule has 0 saturated heterocycles. The van der Waals surface area contributed by atoms with E-state index in [1.54, 1.807) is 12.1 Å². The van der Waals surface area contributed by atoms with Crippen LogP contribution in [0.25, 0.3) is 10.2 Å². The number of aryl methyl sites for hydroxylation is 2. The summed E-state index contributed by atoms with van der Waals surface area (Å²) in [5.41, 5.74) is 5.27. The SMILES string of the molecule is Cc1cccc(Cl)c1OCc1ccc(C(=O)Nc2c(C(N)=O)sc3nc(C(F)(F)F)cc(C)c23)o1. The maximum Gasteiger partial charge on any atom is 0.433 e. The lowest BCUT2D eigenvalue weighted by molar-refractivity contribution is -0.141. The first-order valence-corrected chi connectivity index (χ1v) is 11.2. The molecule has 12 heteroatoms. The van der Waals surface area contributed by atoms with Crippen LogP contribution in [0, 0.1) is 13.8 Å². The average molecular weight is 524 g/mol. The summed E-state index contributed by atoms with van der Waals surface area (Å²) < 4.78 is 50.7. The maximum atomic E-state index is 13.2. The number of halogens is 4. The Morgan fingerprint density at radius 3 is 2.60 bits per heavy atom. The molecule has 1 aromatic carbocycles. The zero-order chi connectivity index (χ0) is 25.5. The highest BCUT2D eigenvalue weighted by molar-refractivity contribution is 7.21. The number of para-hydroxylation sites is 1. The van der Waals surface area contributed by atoms with Crippen molar-refractivity contribution in [3.05, 3.63) is 74.6 Å². The van der Waals surface area contributed by atoms with E-state index in [2.05, 4.69) is 10.3 Å². The predicted molar refractivity (Wildman–Crippen MR) is 125 cm³/mol. The second-order valence-electron chi connectivity index (χ2n) is 7.57. The fraction of sp³-hybridized carbons (Fsp3) is 0.174. The fourth-order valence-corrected chi connectivity index (χ4v) is 4.75. The van der Waals surface area contributed by atoms with Gasteiger partial charge in [0.05, 0.1) is 10.7 Å². The molecule has 35 heavy (non-hydrogen) atoms. The van der Waals surface area contributed by atoms with E-state index < -0.39 is 23.7 Å². The van der Waals surface area contributed by atoms with Crippen LogP contribution in [0.15, 0.2) is 40.8 Å². The Hall–Kier alpha value is -3.57. The number of carbonyl (C=O) groups excluding carboxylic acids is 2. The van der Waals surface area contributed by atoms with Crippen molar-refractivity contribution in [1.82, 2.24) is 4.98 Å². The summed E-state index contributed by atoms with van der Waals surface area (Å²) in [6.07, 6.45) is -4.67. The first kappa shape index (κ1) is 24.6. The number of hydrogen-bond acceptors (Lipinski definition) is 6. The third kappa shape index (κ3) is 4.96. The van der Waals surface area contributed by atoms with Crippen LogP contribution >= 0.6 is 22.9 Å². The number of benzene rings is 1. The molecule has 2 amide bonds. The Morgan fingerprint density at radius 2 is 1.94 bits per heavy atom. The third-order valence-corrected chi connectivity index (χ3v) is 6.42. The molecule has 7 nitrogen and oxygen atoms in total. The Labute approximate surface area is 205 Å². The molecule has 0 atom stereocenters. The number of pyridine rings is 1. The number of furan rings is 1. The second-order valence-corrected chi connectivity index (χ2v) is 8.97. The molecule has 0 radical (unpaired) electrons. The molecule has 3 N–H and O–H groups in total. The standard InChI is InChI=1S/C23H17ClF3N3O4S/c1-10-4-3-5-13(24)18(10)33-9-12-6-7-14(34-12)21(32)30-17-16-11(2)8-15(23(25,26)27)29-22(16)35-19(17)20(28)31/h3-8H,9H2,1-2H3,(H2,28,31)(H,30,32). The molecule has 0 aliphatic carbocycles. The lowest BCUT2D eigenvalue weighted by Gasteiger charge is -2.10. The van der Waals surface area contributed by atoms with Crippen molar-refractivity contribution >= 4 is 50.7 Å². The molecule has 3 aromatic heterocycles. The van der Waals surface area contributed by atoms with Gasteiger partial charge in [-0.15, -0.1) is 11.3 Å². The van der Waals surface area contributed by atoms with E-state index >= 15 is 0 Å². The van der Waals surface area contributed by atoms with E-state index in [0.717, 1.165) is 11.6 Å². The van der Waals surface area contributed by atoms with Crippen LogP contribution in [0.1, 0.15) is 42.8 Å². The quantitative estimate of drug-likeness (QED) is 0.317. The van der Waals surface area contributed by atoms with Crippen LogP contribution in [-0.4, -0.2) is 16.8 Å². The molecule has 0 saturated carbocycles. The number of nitrogens with zero attached hydrogens (tertiary/aromatic N) is 1. The molecule has 0 unspecified atom stereocenters. The number of anilines is 1. The van der Waals surface area contributed by atoms with Gasteiger partial charge in [-0.1, -0.05) is 23.7 Å². The molecule has 0 bridgehead atoms. The number of carbonyl (C=O) groups is 2. The topological polar surface area (TPSA) is 107 Å². The first-order valence-electron chi connectivity index (χ1n) is 10.0. The molecule has 0 fully saturated rings. The van der Waals surface area contributed by atoms with Crippen LogP contribution in [0.5, 0.6) is 5.75 Å². The van der Waals surface area contributed by atoms with Gasteiger partial charge >= 0.3 is 6.18 Å².